The Balaban J connectivity index is 3.07. The van der Waals surface area contributed by atoms with E-state index in [4.69, 9.17) is 16.7 Å². The first-order valence-corrected chi connectivity index (χ1v) is 6.04. The Hall–Kier alpha value is -1.27. The molecule has 7 heteroatoms. The van der Waals surface area contributed by atoms with Gasteiger partial charge in [-0.2, -0.15) is 0 Å². The van der Waals surface area contributed by atoms with Crippen molar-refractivity contribution in [1.29, 1.82) is 0 Å². The molecule has 0 saturated heterocycles. The summed E-state index contributed by atoms with van der Waals surface area (Å²) in [6.07, 6.45) is 0.379. The van der Waals surface area contributed by atoms with Crippen LogP contribution in [0.2, 0.25) is 5.02 Å². The Bertz CT molecular complexity index is 452. The maximum Gasteiger partial charge on any atom is 0.316 e. The van der Waals surface area contributed by atoms with Gasteiger partial charge in [0, 0.05) is 11.1 Å². The van der Waals surface area contributed by atoms with E-state index in [2.05, 4.69) is 0 Å². The molecule has 0 aliphatic heterocycles. The Morgan fingerprint density at radius 1 is 1.65 bits per heavy atom. The third-order valence-corrected chi connectivity index (χ3v) is 3.67. The molecule has 1 unspecified atom stereocenters. The summed E-state index contributed by atoms with van der Waals surface area (Å²) in [6, 6.07) is 4.10. The normalized spacial score (nSPS) is 12.1. The lowest BCUT2D eigenvalue weighted by Gasteiger charge is -2.09. The zero-order valence-electron chi connectivity index (χ0n) is 8.92. The molecule has 0 fully saturated rings. The molecular formula is C10H10ClNO4S. The van der Waals surface area contributed by atoms with Gasteiger partial charge in [-0.3, -0.25) is 14.9 Å². The molecule has 1 N–H and O–H groups in total. The highest BCUT2D eigenvalue weighted by molar-refractivity contribution is 8.00. The number of carboxylic acids is 1. The second-order valence-electron chi connectivity index (χ2n) is 3.22. The van der Waals surface area contributed by atoms with Gasteiger partial charge in [0.2, 0.25) is 0 Å². The highest BCUT2D eigenvalue weighted by Crippen LogP contribution is 2.35. The van der Waals surface area contributed by atoms with Crippen molar-refractivity contribution in [2.75, 3.05) is 0 Å². The Morgan fingerprint density at radius 2 is 2.29 bits per heavy atom. The van der Waals surface area contributed by atoms with Crippen LogP contribution in [0.25, 0.3) is 0 Å². The van der Waals surface area contributed by atoms with Crippen LogP contribution in [0.3, 0.4) is 0 Å². The molecule has 1 aromatic rings. The molecule has 0 amide bonds. The van der Waals surface area contributed by atoms with Gasteiger partial charge in [-0.25, -0.2) is 0 Å². The van der Waals surface area contributed by atoms with Crippen LogP contribution in [0.5, 0.6) is 0 Å². The largest absolute Gasteiger partial charge is 0.480 e. The number of benzene rings is 1. The van der Waals surface area contributed by atoms with Crippen molar-refractivity contribution in [3.63, 3.8) is 0 Å². The van der Waals surface area contributed by atoms with Gasteiger partial charge in [0.05, 0.1) is 9.82 Å². The summed E-state index contributed by atoms with van der Waals surface area (Å²) in [4.78, 5) is 21.4. The number of thioether (sulfide) groups is 1. The SMILES string of the molecule is CCC(Sc1cc(Cl)ccc1[N+](=O)[O-])C(=O)O. The fourth-order valence-electron chi connectivity index (χ4n) is 1.19. The number of nitro benzene ring substituents is 1. The third kappa shape index (κ3) is 3.61. The van der Waals surface area contributed by atoms with Crippen LogP contribution in [0.15, 0.2) is 23.1 Å². The van der Waals surface area contributed by atoms with Crippen molar-refractivity contribution in [3.8, 4) is 0 Å². The first-order valence-electron chi connectivity index (χ1n) is 4.79. The van der Waals surface area contributed by atoms with Crippen LogP contribution in [-0.4, -0.2) is 21.2 Å². The topological polar surface area (TPSA) is 80.4 Å². The van der Waals surface area contributed by atoms with E-state index in [1.807, 2.05) is 0 Å². The maximum atomic E-state index is 10.9. The molecule has 0 aliphatic rings. The zero-order valence-corrected chi connectivity index (χ0v) is 10.5. The van der Waals surface area contributed by atoms with E-state index in [0.29, 0.717) is 11.4 Å². The second-order valence-corrected chi connectivity index (χ2v) is 4.90. The van der Waals surface area contributed by atoms with Gasteiger partial charge in [-0.1, -0.05) is 18.5 Å². The molecular weight excluding hydrogens is 266 g/mol. The van der Waals surface area contributed by atoms with E-state index in [-0.39, 0.29) is 10.6 Å². The highest BCUT2D eigenvalue weighted by atomic mass is 35.5. The molecule has 0 bridgehead atoms. The van der Waals surface area contributed by atoms with Crippen LogP contribution < -0.4 is 0 Å². The van der Waals surface area contributed by atoms with E-state index in [1.165, 1.54) is 18.2 Å². The van der Waals surface area contributed by atoms with Crippen molar-refractivity contribution in [2.45, 2.75) is 23.5 Å². The van der Waals surface area contributed by atoms with Crippen molar-refractivity contribution >= 4 is 35.0 Å². The molecule has 0 spiro atoms. The molecule has 92 valence electrons. The van der Waals surface area contributed by atoms with Gasteiger partial charge >= 0.3 is 5.97 Å². The van der Waals surface area contributed by atoms with Crippen molar-refractivity contribution in [3.05, 3.63) is 33.3 Å². The van der Waals surface area contributed by atoms with E-state index in [0.717, 1.165) is 11.8 Å². The summed E-state index contributed by atoms with van der Waals surface area (Å²) in [7, 11) is 0. The summed E-state index contributed by atoms with van der Waals surface area (Å²) in [6.45, 7) is 1.71. The van der Waals surface area contributed by atoms with Crippen LogP contribution in [0.1, 0.15) is 13.3 Å². The molecule has 0 heterocycles. The minimum Gasteiger partial charge on any atom is -0.480 e. The number of halogens is 1. The number of carboxylic acid groups (broad SMARTS) is 1. The molecule has 1 atom stereocenters. The molecule has 0 radical (unpaired) electrons. The number of nitrogens with zero attached hydrogens (tertiary/aromatic N) is 1. The number of carbonyl (C=O) groups is 1. The summed E-state index contributed by atoms with van der Waals surface area (Å²) in [5.74, 6) is -0.994. The van der Waals surface area contributed by atoms with Crippen LogP contribution in [0.4, 0.5) is 5.69 Å². The molecule has 0 aromatic heterocycles. The smallest absolute Gasteiger partial charge is 0.316 e. The predicted octanol–water partition coefficient (Wildman–Crippen LogP) is 3.20. The molecule has 5 nitrogen and oxygen atoms in total. The number of nitro groups is 1. The van der Waals surface area contributed by atoms with Crippen LogP contribution >= 0.6 is 23.4 Å². The minimum absolute atomic E-state index is 0.126. The second kappa shape index (κ2) is 5.88. The predicted molar refractivity (Wildman–Crippen MR) is 65.7 cm³/mol. The van der Waals surface area contributed by atoms with Gasteiger partial charge in [0.1, 0.15) is 5.25 Å². The quantitative estimate of drug-likeness (QED) is 0.507. The first kappa shape index (κ1) is 13.8. The van der Waals surface area contributed by atoms with Crippen LogP contribution in [0, 0.1) is 10.1 Å². The lowest BCUT2D eigenvalue weighted by molar-refractivity contribution is -0.387. The number of hydrogen-bond acceptors (Lipinski definition) is 4. The fraction of sp³-hybridized carbons (Fsp3) is 0.300. The Kier molecular flexibility index (Phi) is 4.77. The Labute approximate surface area is 107 Å². The van der Waals surface area contributed by atoms with Crippen LogP contribution in [-0.2, 0) is 4.79 Å². The summed E-state index contributed by atoms with van der Waals surface area (Å²) >= 11 is 6.68. The van der Waals surface area contributed by atoms with Gasteiger partial charge in [0.15, 0.2) is 0 Å². The van der Waals surface area contributed by atoms with E-state index in [9.17, 15) is 14.9 Å². The highest BCUT2D eigenvalue weighted by Gasteiger charge is 2.22. The first-order chi connectivity index (χ1) is 7.95. The van der Waals surface area contributed by atoms with Gasteiger partial charge in [-0.05, 0) is 18.6 Å². The zero-order chi connectivity index (χ0) is 13.0. The minimum atomic E-state index is -0.994. The van der Waals surface area contributed by atoms with Crippen molar-refractivity contribution in [2.24, 2.45) is 0 Å². The molecule has 1 rings (SSSR count). The number of rotatable bonds is 5. The van der Waals surface area contributed by atoms with Gasteiger partial charge in [-0.15, -0.1) is 11.8 Å². The maximum absolute atomic E-state index is 10.9. The number of aliphatic carboxylic acids is 1. The summed E-state index contributed by atoms with van der Waals surface area (Å²) in [5, 5.41) is 19.3. The van der Waals surface area contributed by atoms with E-state index >= 15 is 0 Å². The van der Waals surface area contributed by atoms with Crippen molar-refractivity contribution in [1.82, 2.24) is 0 Å². The molecule has 0 aliphatic carbocycles. The van der Waals surface area contributed by atoms with Gasteiger partial charge < -0.3 is 5.11 Å². The molecule has 1 aromatic carbocycles. The van der Waals surface area contributed by atoms with Crippen molar-refractivity contribution < 1.29 is 14.8 Å². The lowest BCUT2D eigenvalue weighted by atomic mass is 10.3. The lowest BCUT2D eigenvalue weighted by Crippen LogP contribution is -2.14. The fourth-order valence-corrected chi connectivity index (χ4v) is 2.46. The molecule has 0 saturated carbocycles. The standard InChI is InChI=1S/C10H10ClNO4S/c1-2-8(10(13)14)17-9-5-6(11)3-4-7(9)12(15)16/h3-5,8H,2H2,1H3,(H,13,14). The summed E-state index contributed by atoms with van der Waals surface area (Å²) in [5.41, 5.74) is -0.126. The number of hydrogen-bond donors (Lipinski definition) is 1. The molecule has 17 heavy (non-hydrogen) atoms. The monoisotopic (exact) mass is 275 g/mol. The van der Waals surface area contributed by atoms with E-state index < -0.39 is 16.1 Å². The average molecular weight is 276 g/mol. The van der Waals surface area contributed by atoms with Gasteiger partial charge in [0.25, 0.3) is 5.69 Å². The summed E-state index contributed by atoms with van der Waals surface area (Å²) < 4.78 is 0. The average Bonchev–Trinajstić information content (AvgIpc) is 2.25. The third-order valence-electron chi connectivity index (χ3n) is 2.03. The van der Waals surface area contributed by atoms with E-state index in [1.54, 1.807) is 6.92 Å². The Morgan fingerprint density at radius 3 is 2.76 bits per heavy atom.